The monoisotopic (exact) mass is 426 g/mol. The van der Waals surface area contributed by atoms with Crippen molar-refractivity contribution in [3.05, 3.63) is 69.2 Å². The van der Waals surface area contributed by atoms with E-state index in [2.05, 4.69) is 31.4 Å². The van der Waals surface area contributed by atoms with E-state index in [4.69, 9.17) is 23.2 Å². The summed E-state index contributed by atoms with van der Waals surface area (Å²) in [5.74, 6) is -1.21. The van der Waals surface area contributed by atoms with Crippen molar-refractivity contribution in [2.75, 3.05) is 13.6 Å². The Kier molecular flexibility index (Phi) is 6.07. The SMILES string of the molecule is CNC1(c2ccc(Cl)cc2F)C(CC(C)(C)C)NCC1c1cccc(Cl)c1F. The molecule has 3 unspecified atom stereocenters. The molecule has 3 rings (SSSR count). The molecule has 2 aromatic carbocycles. The summed E-state index contributed by atoms with van der Waals surface area (Å²) in [5.41, 5.74) is 0.0842. The van der Waals surface area contributed by atoms with Gasteiger partial charge in [0.05, 0.1) is 10.6 Å². The molecule has 2 N–H and O–H groups in total. The summed E-state index contributed by atoms with van der Waals surface area (Å²) in [5, 5.41) is 7.28. The van der Waals surface area contributed by atoms with Crippen LogP contribution in [0.2, 0.25) is 10.0 Å². The van der Waals surface area contributed by atoms with Crippen molar-refractivity contribution in [2.24, 2.45) is 5.41 Å². The van der Waals surface area contributed by atoms with Gasteiger partial charge in [-0.25, -0.2) is 8.78 Å². The van der Waals surface area contributed by atoms with E-state index in [1.807, 2.05) is 0 Å². The van der Waals surface area contributed by atoms with Crippen molar-refractivity contribution in [3.63, 3.8) is 0 Å². The number of hydrogen-bond acceptors (Lipinski definition) is 2. The standard InChI is InChI=1S/C22H26Cl2F2N2/c1-21(2,3)11-19-22(27-4,15-9-8-13(23)10-18(15)25)16(12-28-19)14-6-5-7-17(24)20(14)26/h5-10,16,19,27-28H,11-12H2,1-4H3. The van der Waals surface area contributed by atoms with Gasteiger partial charge in [-0.2, -0.15) is 0 Å². The van der Waals surface area contributed by atoms with Gasteiger partial charge in [0.25, 0.3) is 0 Å². The minimum atomic E-state index is -0.854. The van der Waals surface area contributed by atoms with Gasteiger partial charge in [0, 0.05) is 29.1 Å². The lowest BCUT2D eigenvalue weighted by Gasteiger charge is -2.42. The Balaban J connectivity index is 2.23. The van der Waals surface area contributed by atoms with Crippen LogP contribution in [-0.2, 0) is 5.54 Å². The molecule has 1 aliphatic heterocycles. The third-order valence-electron chi connectivity index (χ3n) is 5.63. The number of halogens is 4. The van der Waals surface area contributed by atoms with Crippen LogP contribution in [0.25, 0.3) is 0 Å². The van der Waals surface area contributed by atoms with Crippen LogP contribution in [0.4, 0.5) is 8.78 Å². The molecule has 0 bridgehead atoms. The highest BCUT2D eigenvalue weighted by Gasteiger charge is 2.53. The zero-order valence-corrected chi connectivity index (χ0v) is 18.1. The van der Waals surface area contributed by atoms with E-state index >= 15 is 4.39 Å². The predicted octanol–water partition coefficient (Wildman–Crippen LogP) is 5.88. The van der Waals surface area contributed by atoms with Crippen LogP contribution in [-0.4, -0.2) is 19.6 Å². The van der Waals surface area contributed by atoms with E-state index in [9.17, 15) is 4.39 Å². The Morgan fingerprint density at radius 3 is 2.50 bits per heavy atom. The maximum absolute atomic E-state index is 15.1. The molecule has 0 amide bonds. The molecular formula is C22H26Cl2F2N2. The molecule has 2 nitrogen and oxygen atoms in total. The van der Waals surface area contributed by atoms with Gasteiger partial charge in [0.2, 0.25) is 0 Å². The minimum absolute atomic E-state index is 0.00949. The second kappa shape index (κ2) is 7.91. The maximum atomic E-state index is 15.1. The van der Waals surface area contributed by atoms with Gasteiger partial charge in [-0.3, -0.25) is 0 Å². The van der Waals surface area contributed by atoms with Gasteiger partial charge in [0.15, 0.2) is 0 Å². The lowest BCUT2D eigenvalue weighted by atomic mass is 9.69. The molecule has 0 saturated carbocycles. The fraction of sp³-hybridized carbons (Fsp3) is 0.455. The molecule has 0 aromatic heterocycles. The normalized spacial score (nSPS) is 25.3. The number of nitrogens with one attached hydrogen (secondary N) is 2. The Morgan fingerprint density at radius 2 is 1.89 bits per heavy atom. The van der Waals surface area contributed by atoms with Gasteiger partial charge in [-0.1, -0.05) is 62.2 Å². The third-order valence-corrected chi connectivity index (χ3v) is 6.16. The van der Waals surface area contributed by atoms with E-state index in [0.717, 1.165) is 6.42 Å². The Labute approximate surface area is 175 Å². The average molecular weight is 427 g/mol. The fourth-order valence-electron chi connectivity index (χ4n) is 4.50. The van der Waals surface area contributed by atoms with Crippen molar-refractivity contribution >= 4 is 23.2 Å². The highest BCUT2D eigenvalue weighted by Crippen LogP contribution is 2.48. The van der Waals surface area contributed by atoms with E-state index in [-0.39, 0.29) is 22.4 Å². The van der Waals surface area contributed by atoms with Crippen molar-refractivity contribution in [1.29, 1.82) is 0 Å². The minimum Gasteiger partial charge on any atom is -0.311 e. The first kappa shape index (κ1) is 21.5. The molecule has 1 saturated heterocycles. The Bertz CT molecular complexity index is 866. The predicted molar refractivity (Wildman–Crippen MR) is 112 cm³/mol. The van der Waals surface area contributed by atoms with E-state index in [0.29, 0.717) is 22.7 Å². The Morgan fingerprint density at radius 1 is 1.18 bits per heavy atom. The zero-order chi connectivity index (χ0) is 20.7. The third kappa shape index (κ3) is 3.80. The molecule has 1 aliphatic rings. The molecule has 28 heavy (non-hydrogen) atoms. The van der Waals surface area contributed by atoms with Crippen molar-refractivity contribution < 1.29 is 8.78 Å². The summed E-state index contributed by atoms with van der Waals surface area (Å²) < 4.78 is 30.1. The van der Waals surface area contributed by atoms with Crippen molar-refractivity contribution in [1.82, 2.24) is 10.6 Å². The summed E-state index contributed by atoms with van der Waals surface area (Å²) in [7, 11) is 1.80. The second-order valence-corrected chi connectivity index (χ2v) is 9.51. The maximum Gasteiger partial charge on any atom is 0.145 e. The van der Waals surface area contributed by atoms with Crippen molar-refractivity contribution in [3.8, 4) is 0 Å². The quantitative estimate of drug-likeness (QED) is 0.637. The average Bonchev–Trinajstić information content (AvgIpc) is 2.94. The number of hydrogen-bond donors (Lipinski definition) is 2. The molecule has 1 heterocycles. The molecule has 0 spiro atoms. The number of benzene rings is 2. The summed E-state index contributed by atoms with van der Waals surface area (Å²) in [4.78, 5) is 0. The lowest BCUT2D eigenvalue weighted by molar-refractivity contribution is 0.212. The van der Waals surface area contributed by atoms with Crippen LogP contribution >= 0.6 is 23.2 Å². The van der Waals surface area contributed by atoms with Crippen LogP contribution in [0.15, 0.2) is 36.4 Å². The van der Waals surface area contributed by atoms with Crippen LogP contribution in [0.1, 0.15) is 44.2 Å². The van der Waals surface area contributed by atoms with Crippen LogP contribution in [0.3, 0.4) is 0 Å². The van der Waals surface area contributed by atoms with Gasteiger partial charge in [-0.15, -0.1) is 0 Å². The van der Waals surface area contributed by atoms with Gasteiger partial charge in [-0.05, 0) is 42.6 Å². The molecule has 2 aromatic rings. The van der Waals surface area contributed by atoms with Crippen molar-refractivity contribution in [2.45, 2.75) is 44.7 Å². The zero-order valence-electron chi connectivity index (χ0n) is 16.5. The molecular weight excluding hydrogens is 401 g/mol. The molecule has 152 valence electrons. The van der Waals surface area contributed by atoms with Crippen LogP contribution in [0.5, 0.6) is 0 Å². The van der Waals surface area contributed by atoms with Gasteiger partial charge < -0.3 is 10.6 Å². The number of rotatable bonds is 4. The first-order valence-corrected chi connectivity index (χ1v) is 10.2. The highest BCUT2D eigenvalue weighted by atomic mass is 35.5. The summed E-state index contributed by atoms with van der Waals surface area (Å²) in [6, 6.07) is 9.57. The lowest BCUT2D eigenvalue weighted by Crippen LogP contribution is -2.54. The topological polar surface area (TPSA) is 24.1 Å². The highest BCUT2D eigenvalue weighted by molar-refractivity contribution is 6.31. The van der Waals surface area contributed by atoms with Gasteiger partial charge >= 0.3 is 0 Å². The summed E-state index contributed by atoms with van der Waals surface area (Å²) >= 11 is 12.1. The molecule has 0 radical (unpaired) electrons. The molecule has 1 fully saturated rings. The first-order chi connectivity index (χ1) is 13.1. The number of likely N-dealkylation sites (N-methyl/N-ethyl adjacent to an activating group) is 1. The summed E-state index contributed by atoms with van der Waals surface area (Å²) in [6.07, 6.45) is 0.772. The van der Waals surface area contributed by atoms with E-state index in [1.54, 1.807) is 31.3 Å². The second-order valence-electron chi connectivity index (χ2n) is 8.66. The molecule has 3 atom stereocenters. The molecule has 6 heteroatoms. The smallest absolute Gasteiger partial charge is 0.145 e. The van der Waals surface area contributed by atoms with Crippen LogP contribution in [0, 0.1) is 17.0 Å². The van der Waals surface area contributed by atoms with Crippen LogP contribution < -0.4 is 10.6 Å². The first-order valence-electron chi connectivity index (χ1n) is 9.42. The van der Waals surface area contributed by atoms with E-state index in [1.165, 1.54) is 12.1 Å². The fourth-order valence-corrected chi connectivity index (χ4v) is 4.84. The van der Waals surface area contributed by atoms with E-state index < -0.39 is 17.2 Å². The summed E-state index contributed by atoms with van der Waals surface area (Å²) in [6.45, 7) is 6.92. The van der Waals surface area contributed by atoms with Gasteiger partial charge in [0.1, 0.15) is 11.6 Å². The molecule has 0 aliphatic carbocycles. The largest absolute Gasteiger partial charge is 0.311 e. The Hall–Kier alpha value is -1.20.